The van der Waals surface area contributed by atoms with Gasteiger partial charge in [0.1, 0.15) is 11.4 Å². The van der Waals surface area contributed by atoms with Crippen LogP contribution in [0.5, 0.6) is 0 Å². The Morgan fingerprint density at radius 2 is 2.27 bits per heavy atom. The molecule has 5 nitrogen and oxygen atoms in total. The molecule has 22 heavy (non-hydrogen) atoms. The van der Waals surface area contributed by atoms with E-state index in [9.17, 15) is 5.11 Å². The molecule has 0 fully saturated rings. The van der Waals surface area contributed by atoms with Crippen LogP contribution >= 0.6 is 24.0 Å². The van der Waals surface area contributed by atoms with Gasteiger partial charge in [0.25, 0.3) is 0 Å². The Kier molecular flexibility index (Phi) is 7.95. The molecule has 0 aliphatic heterocycles. The summed E-state index contributed by atoms with van der Waals surface area (Å²) in [6.45, 7) is 2.95. The smallest absolute Gasteiger partial charge is 0.191 e. The molecule has 1 aliphatic carbocycles. The zero-order chi connectivity index (χ0) is 15.1. The molecule has 3 N–H and O–H groups in total. The maximum atomic E-state index is 10.4. The van der Waals surface area contributed by atoms with E-state index in [-0.39, 0.29) is 24.0 Å². The second-order valence-electron chi connectivity index (χ2n) is 5.71. The van der Waals surface area contributed by atoms with Crippen molar-refractivity contribution < 1.29 is 9.52 Å². The van der Waals surface area contributed by atoms with Crippen LogP contribution in [0.4, 0.5) is 0 Å². The van der Waals surface area contributed by atoms with E-state index in [4.69, 9.17) is 4.42 Å². The summed E-state index contributed by atoms with van der Waals surface area (Å²) in [5.74, 6) is 1.90. The van der Waals surface area contributed by atoms with E-state index in [1.807, 2.05) is 0 Å². The first-order chi connectivity index (χ1) is 10.1. The number of aliphatic hydroxyl groups is 1. The summed E-state index contributed by atoms with van der Waals surface area (Å²) >= 11 is 0. The highest BCUT2D eigenvalue weighted by Gasteiger charge is 2.26. The van der Waals surface area contributed by atoms with Crippen LogP contribution in [0.25, 0.3) is 0 Å². The van der Waals surface area contributed by atoms with Gasteiger partial charge in [-0.1, -0.05) is 12.2 Å². The first-order valence-corrected chi connectivity index (χ1v) is 7.47. The Labute approximate surface area is 149 Å². The summed E-state index contributed by atoms with van der Waals surface area (Å²) in [6, 6.07) is 3.54. The van der Waals surface area contributed by atoms with Gasteiger partial charge in [-0.25, -0.2) is 0 Å². The molecule has 0 saturated carbocycles. The molecule has 6 heteroatoms. The van der Waals surface area contributed by atoms with Crippen molar-refractivity contribution in [2.45, 2.75) is 31.8 Å². The second-order valence-corrected chi connectivity index (χ2v) is 5.71. The molecule has 0 bridgehead atoms. The third kappa shape index (κ3) is 5.64. The van der Waals surface area contributed by atoms with Crippen LogP contribution in [-0.4, -0.2) is 31.2 Å². The topological polar surface area (TPSA) is 69.8 Å². The van der Waals surface area contributed by atoms with Crippen molar-refractivity contribution >= 4 is 29.9 Å². The Hall–Kier alpha value is -1.02. The van der Waals surface area contributed by atoms with Gasteiger partial charge in [0, 0.05) is 13.6 Å². The Bertz CT molecular complexity index is 484. The lowest BCUT2D eigenvalue weighted by Crippen LogP contribution is -2.45. The SMILES string of the molecule is CN=C(NCC1CC=CCC1)NCC(C)(O)c1ccco1.I. The summed E-state index contributed by atoms with van der Waals surface area (Å²) < 4.78 is 5.26. The summed E-state index contributed by atoms with van der Waals surface area (Å²) in [4.78, 5) is 4.19. The molecule has 124 valence electrons. The number of rotatable bonds is 5. The second kappa shape index (κ2) is 9.19. The number of guanidine groups is 1. The highest BCUT2D eigenvalue weighted by molar-refractivity contribution is 14.0. The average molecular weight is 419 g/mol. The molecular formula is C16H26IN3O2. The molecule has 1 aromatic rings. The predicted octanol–water partition coefficient (Wildman–Crippen LogP) is 2.63. The molecule has 0 radical (unpaired) electrons. The van der Waals surface area contributed by atoms with E-state index in [2.05, 4.69) is 27.8 Å². The van der Waals surface area contributed by atoms with Gasteiger partial charge in [0.2, 0.25) is 0 Å². The molecule has 0 aromatic carbocycles. The minimum absolute atomic E-state index is 0. The molecule has 0 spiro atoms. The standard InChI is InChI=1S/C16H25N3O2.HI/c1-16(20,14-9-6-10-21-14)12-19-15(17-2)18-11-13-7-4-3-5-8-13;/h3-4,6,9-10,13,20H,5,7-8,11-12H2,1-2H3,(H2,17,18,19);1H. The Morgan fingerprint density at radius 3 is 2.86 bits per heavy atom. The van der Waals surface area contributed by atoms with Gasteiger partial charge < -0.3 is 20.2 Å². The predicted molar refractivity (Wildman–Crippen MR) is 99.5 cm³/mol. The minimum atomic E-state index is -1.06. The molecule has 0 amide bonds. The van der Waals surface area contributed by atoms with Gasteiger partial charge >= 0.3 is 0 Å². The first-order valence-electron chi connectivity index (χ1n) is 7.47. The van der Waals surface area contributed by atoms with E-state index in [1.54, 1.807) is 32.4 Å². The fourth-order valence-corrected chi connectivity index (χ4v) is 2.43. The number of nitrogens with one attached hydrogen (secondary N) is 2. The van der Waals surface area contributed by atoms with Crippen molar-refractivity contribution in [3.05, 3.63) is 36.3 Å². The highest BCUT2D eigenvalue weighted by Crippen LogP contribution is 2.20. The Balaban J connectivity index is 0.00000242. The Morgan fingerprint density at radius 1 is 1.45 bits per heavy atom. The summed E-state index contributed by atoms with van der Waals surface area (Å²) in [6.07, 6.45) is 9.54. The molecule has 1 heterocycles. The quantitative estimate of drug-likeness (QED) is 0.297. The van der Waals surface area contributed by atoms with Crippen LogP contribution in [0.15, 0.2) is 40.0 Å². The first kappa shape index (κ1) is 19.0. The van der Waals surface area contributed by atoms with Crippen LogP contribution in [0.2, 0.25) is 0 Å². The zero-order valence-corrected chi connectivity index (χ0v) is 15.5. The van der Waals surface area contributed by atoms with Crippen LogP contribution in [0, 0.1) is 5.92 Å². The van der Waals surface area contributed by atoms with Gasteiger partial charge in [0.15, 0.2) is 5.96 Å². The van der Waals surface area contributed by atoms with Gasteiger partial charge in [-0.3, -0.25) is 4.99 Å². The molecule has 2 rings (SSSR count). The number of furan rings is 1. The number of halogens is 1. The number of hydrogen-bond donors (Lipinski definition) is 3. The van der Waals surface area contributed by atoms with Gasteiger partial charge in [0.05, 0.1) is 12.8 Å². The van der Waals surface area contributed by atoms with Crippen molar-refractivity contribution in [2.24, 2.45) is 10.9 Å². The van der Waals surface area contributed by atoms with Crippen molar-refractivity contribution in [3.8, 4) is 0 Å². The van der Waals surface area contributed by atoms with E-state index in [0.29, 0.717) is 24.2 Å². The van der Waals surface area contributed by atoms with Crippen molar-refractivity contribution in [1.29, 1.82) is 0 Å². The van der Waals surface area contributed by atoms with E-state index >= 15 is 0 Å². The number of nitrogens with zero attached hydrogens (tertiary/aromatic N) is 1. The minimum Gasteiger partial charge on any atom is -0.466 e. The lowest BCUT2D eigenvalue weighted by Gasteiger charge is -2.24. The molecule has 1 aliphatic rings. The van der Waals surface area contributed by atoms with Crippen molar-refractivity contribution in [3.63, 3.8) is 0 Å². The number of allylic oxidation sites excluding steroid dienone is 2. The molecule has 2 atom stereocenters. The lowest BCUT2D eigenvalue weighted by molar-refractivity contribution is 0.0386. The summed E-state index contributed by atoms with van der Waals surface area (Å²) in [5.41, 5.74) is -1.06. The van der Waals surface area contributed by atoms with E-state index in [1.165, 1.54) is 6.42 Å². The monoisotopic (exact) mass is 419 g/mol. The number of hydrogen-bond acceptors (Lipinski definition) is 3. The molecule has 1 aromatic heterocycles. The maximum Gasteiger partial charge on any atom is 0.191 e. The average Bonchev–Trinajstić information content (AvgIpc) is 3.03. The lowest BCUT2D eigenvalue weighted by atomic mass is 9.94. The number of aliphatic imine (C=N–C) groups is 1. The molecular weight excluding hydrogens is 393 g/mol. The third-order valence-corrected chi connectivity index (χ3v) is 3.81. The molecule has 2 unspecified atom stereocenters. The molecule has 0 saturated heterocycles. The van der Waals surface area contributed by atoms with Crippen LogP contribution in [0.3, 0.4) is 0 Å². The van der Waals surface area contributed by atoms with Crippen molar-refractivity contribution in [1.82, 2.24) is 10.6 Å². The van der Waals surface area contributed by atoms with Crippen LogP contribution in [0.1, 0.15) is 31.9 Å². The summed E-state index contributed by atoms with van der Waals surface area (Å²) in [5, 5.41) is 16.9. The van der Waals surface area contributed by atoms with E-state index < -0.39 is 5.60 Å². The van der Waals surface area contributed by atoms with Crippen molar-refractivity contribution in [2.75, 3.05) is 20.1 Å². The maximum absolute atomic E-state index is 10.4. The largest absolute Gasteiger partial charge is 0.466 e. The highest BCUT2D eigenvalue weighted by atomic mass is 127. The van der Waals surface area contributed by atoms with Gasteiger partial charge in [-0.15, -0.1) is 24.0 Å². The van der Waals surface area contributed by atoms with Gasteiger partial charge in [-0.2, -0.15) is 0 Å². The van der Waals surface area contributed by atoms with Gasteiger partial charge in [-0.05, 0) is 44.2 Å². The van der Waals surface area contributed by atoms with Crippen LogP contribution < -0.4 is 10.6 Å². The summed E-state index contributed by atoms with van der Waals surface area (Å²) in [7, 11) is 1.73. The van der Waals surface area contributed by atoms with E-state index in [0.717, 1.165) is 19.4 Å². The third-order valence-electron chi connectivity index (χ3n) is 3.81. The zero-order valence-electron chi connectivity index (χ0n) is 13.2. The normalized spacial score (nSPS) is 20.9. The van der Waals surface area contributed by atoms with Crippen LogP contribution in [-0.2, 0) is 5.60 Å². The fourth-order valence-electron chi connectivity index (χ4n) is 2.43. The fraction of sp³-hybridized carbons (Fsp3) is 0.562.